The second kappa shape index (κ2) is 5.67. The van der Waals surface area contributed by atoms with E-state index in [1.807, 2.05) is 0 Å². The van der Waals surface area contributed by atoms with E-state index in [0.29, 0.717) is 10.2 Å². The van der Waals surface area contributed by atoms with Crippen molar-refractivity contribution in [3.8, 4) is 11.5 Å². The van der Waals surface area contributed by atoms with Crippen LogP contribution in [0.15, 0.2) is 40.9 Å². The molecule has 0 saturated heterocycles. The smallest absolute Gasteiger partial charge is 0.162 e. The summed E-state index contributed by atoms with van der Waals surface area (Å²) >= 11 is 3.31. The van der Waals surface area contributed by atoms with E-state index in [1.165, 1.54) is 6.07 Å². The fraction of sp³-hybridized carbons (Fsp3) is 0.143. The first-order valence-corrected chi connectivity index (χ1v) is 6.37. The third kappa shape index (κ3) is 3.30. The first kappa shape index (κ1) is 14.0. The van der Waals surface area contributed by atoms with Gasteiger partial charge in [0.15, 0.2) is 11.6 Å². The fourth-order valence-corrected chi connectivity index (χ4v) is 2.28. The van der Waals surface area contributed by atoms with Crippen molar-refractivity contribution in [2.24, 2.45) is 0 Å². The van der Waals surface area contributed by atoms with Crippen molar-refractivity contribution < 1.29 is 18.6 Å². The molecule has 2 aromatic rings. The minimum Gasteiger partial charge on any atom is -0.457 e. The van der Waals surface area contributed by atoms with Gasteiger partial charge in [0.25, 0.3) is 0 Å². The molecule has 2 rings (SSSR count). The van der Waals surface area contributed by atoms with Gasteiger partial charge in [-0.25, -0.2) is 8.78 Å². The molecule has 0 saturated carbocycles. The SMILES string of the molecule is C[C@H](O)c1ccc(Oc2ccc(F)c(F)c2)cc1Br. The largest absolute Gasteiger partial charge is 0.457 e. The Morgan fingerprint density at radius 2 is 1.68 bits per heavy atom. The molecular weight excluding hydrogens is 318 g/mol. The van der Waals surface area contributed by atoms with E-state index in [2.05, 4.69) is 15.9 Å². The third-order valence-corrected chi connectivity index (χ3v) is 3.24. The van der Waals surface area contributed by atoms with Crippen LogP contribution in [0, 0.1) is 11.6 Å². The second-order valence-electron chi connectivity index (χ2n) is 4.04. The summed E-state index contributed by atoms with van der Waals surface area (Å²) in [5.41, 5.74) is 0.720. The van der Waals surface area contributed by atoms with Gasteiger partial charge in [0.05, 0.1) is 6.10 Å². The second-order valence-corrected chi connectivity index (χ2v) is 4.89. The minimum atomic E-state index is -0.961. The Morgan fingerprint density at radius 3 is 2.26 bits per heavy atom. The van der Waals surface area contributed by atoms with E-state index < -0.39 is 17.7 Å². The summed E-state index contributed by atoms with van der Waals surface area (Å²) in [5.74, 6) is -1.21. The molecule has 0 fully saturated rings. The minimum absolute atomic E-state index is 0.204. The number of ether oxygens (including phenoxy) is 1. The summed E-state index contributed by atoms with van der Waals surface area (Å²) in [6, 6.07) is 8.33. The lowest BCUT2D eigenvalue weighted by Gasteiger charge is -2.11. The van der Waals surface area contributed by atoms with Gasteiger partial charge in [-0.1, -0.05) is 22.0 Å². The van der Waals surface area contributed by atoms with Crippen LogP contribution in [0.5, 0.6) is 11.5 Å². The number of benzene rings is 2. The van der Waals surface area contributed by atoms with Gasteiger partial charge >= 0.3 is 0 Å². The van der Waals surface area contributed by atoms with Crippen LogP contribution in [-0.2, 0) is 0 Å². The van der Waals surface area contributed by atoms with E-state index in [0.717, 1.165) is 17.7 Å². The number of halogens is 3. The van der Waals surface area contributed by atoms with Crippen molar-refractivity contribution in [3.05, 3.63) is 58.1 Å². The van der Waals surface area contributed by atoms with Crippen LogP contribution in [0.25, 0.3) is 0 Å². The summed E-state index contributed by atoms with van der Waals surface area (Å²) in [4.78, 5) is 0. The van der Waals surface area contributed by atoms with Crippen molar-refractivity contribution in [2.45, 2.75) is 13.0 Å². The Balaban J connectivity index is 2.24. The van der Waals surface area contributed by atoms with E-state index >= 15 is 0 Å². The number of hydrogen-bond acceptors (Lipinski definition) is 2. The zero-order valence-electron chi connectivity index (χ0n) is 10.0. The normalized spacial score (nSPS) is 12.3. The average molecular weight is 329 g/mol. The van der Waals surface area contributed by atoms with Gasteiger partial charge in [0, 0.05) is 10.5 Å². The molecule has 0 aromatic heterocycles. The van der Waals surface area contributed by atoms with Crippen molar-refractivity contribution in [3.63, 3.8) is 0 Å². The summed E-state index contributed by atoms with van der Waals surface area (Å²) < 4.78 is 31.9. The zero-order chi connectivity index (χ0) is 14.0. The number of aliphatic hydroxyl groups excluding tert-OH is 1. The molecule has 1 N–H and O–H groups in total. The molecule has 0 aliphatic carbocycles. The van der Waals surface area contributed by atoms with Crippen molar-refractivity contribution in [1.82, 2.24) is 0 Å². The van der Waals surface area contributed by atoms with Gasteiger partial charge in [0.1, 0.15) is 11.5 Å². The van der Waals surface area contributed by atoms with Crippen LogP contribution in [0.1, 0.15) is 18.6 Å². The Labute approximate surface area is 117 Å². The maximum absolute atomic E-state index is 13.0. The predicted octanol–water partition coefficient (Wildman–Crippen LogP) is 4.57. The average Bonchev–Trinajstić information content (AvgIpc) is 2.33. The summed E-state index contributed by atoms with van der Waals surface area (Å²) in [5, 5.41) is 9.49. The van der Waals surface area contributed by atoms with Gasteiger partial charge in [-0.05, 0) is 36.8 Å². The molecule has 0 aliphatic rings. The van der Waals surface area contributed by atoms with Crippen molar-refractivity contribution >= 4 is 15.9 Å². The lowest BCUT2D eigenvalue weighted by molar-refractivity contribution is 0.198. The van der Waals surface area contributed by atoms with Gasteiger partial charge in [-0.15, -0.1) is 0 Å². The molecule has 0 spiro atoms. The summed E-state index contributed by atoms with van der Waals surface area (Å²) in [7, 11) is 0. The summed E-state index contributed by atoms with van der Waals surface area (Å²) in [6.07, 6.45) is -0.605. The van der Waals surface area contributed by atoms with Crippen LogP contribution in [0.2, 0.25) is 0 Å². The fourth-order valence-electron chi connectivity index (χ4n) is 1.59. The maximum Gasteiger partial charge on any atom is 0.162 e. The van der Waals surface area contributed by atoms with Gasteiger partial charge in [-0.2, -0.15) is 0 Å². The van der Waals surface area contributed by atoms with Crippen LogP contribution < -0.4 is 4.74 Å². The van der Waals surface area contributed by atoms with E-state index in [9.17, 15) is 13.9 Å². The first-order chi connectivity index (χ1) is 8.97. The molecule has 0 bridgehead atoms. The molecule has 0 unspecified atom stereocenters. The monoisotopic (exact) mass is 328 g/mol. The Bertz CT molecular complexity index is 600. The Morgan fingerprint density at radius 1 is 1.05 bits per heavy atom. The Kier molecular flexibility index (Phi) is 4.17. The van der Waals surface area contributed by atoms with E-state index in [-0.39, 0.29) is 5.75 Å². The highest BCUT2D eigenvalue weighted by molar-refractivity contribution is 9.10. The molecule has 19 heavy (non-hydrogen) atoms. The predicted molar refractivity (Wildman–Crippen MR) is 71.2 cm³/mol. The summed E-state index contributed by atoms with van der Waals surface area (Å²) in [6.45, 7) is 1.65. The number of hydrogen-bond donors (Lipinski definition) is 1. The molecule has 0 amide bonds. The molecule has 1 atom stereocenters. The quantitative estimate of drug-likeness (QED) is 0.894. The number of rotatable bonds is 3. The topological polar surface area (TPSA) is 29.5 Å². The van der Waals surface area contributed by atoms with Crippen molar-refractivity contribution in [2.75, 3.05) is 0 Å². The zero-order valence-corrected chi connectivity index (χ0v) is 11.6. The first-order valence-electron chi connectivity index (χ1n) is 5.58. The maximum atomic E-state index is 13.0. The number of aliphatic hydroxyl groups is 1. The van der Waals surface area contributed by atoms with Crippen molar-refractivity contribution in [1.29, 1.82) is 0 Å². The van der Waals surface area contributed by atoms with E-state index in [1.54, 1.807) is 25.1 Å². The van der Waals surface area contributed by atoms with Crippen LogP contribution in [0.3, 0.4) is 0 Å². The van der Waals surface area contributed by atoms with Crippen LogP contribution >= 0.6 is 15.9 Å². The Hall–Kier alpha value is -1.46. The van der Waals surface area contributed by atoms with Crippen LogP contribution in [0.4, 0.5) is 8.78 Å². The van der Waals surface area contributed by atoms with Crippen LogP contribution in [-0.4, -0.2) is 5.11 Å². The molecule has 2 aromatic carbocycles. The standard InChI is InChI=1S/C14H11BrF2O2/c1-8(18)11-4-2-9(6-12(11)15)19-10-3-5-13(16)14(17)7-10/h2-8,18H,1H3/t8-/m0/s1. The molecule has 100 valence electrons. The third-order valence-electron chi connectivity index (χ3n) is 2.55. The van der Waals surface area contributed by atoms with Gasteiger partial charge in [-0.3, -0.25) is 0 Å². The lowest BCUT2D eigenvalue weighted by Crippen LogP contribution is -1.93. The highest BCUT2D eigenvalue weighted by Gasteiger charge is 2.09. The molecular formula is C14H11BrF2O2. The highest BCUT2D eigenvalue weighted by atomic mass is 79.9. The molecule has 5 heteroatoms. The molecule has 0 radical (unpaired) electrons. The highest BCUT2D eigenvalue weighted by Crippen LogP contribution is 2.30. The van der Waals surface area contributed by atoms with E-state index in [4.69, 9.17) is 4.74 Å². The molecule has 0 aliphatic heterocycles. The molecule has 0 heterocycles. The van der Waals surface area contributed by atoms with Gasteiger partial charge in [0.2, 0.25) is 0 Å². The lowest BCUT2D eigenvalue weighted by atomic mass is 10.1. The molecule has 2 nitrogen and oxygen atoms in total. The van der Waals surface area contributed by atoms with Gasteiger partial charge < -0.3 is 9.84 Å².